The van der Waals surface area contributed by atoms with Crippen LogP contribution in [0.15, 0.2) is 267 Å². The molecule has 0 fully saturated rings. The van der Waals surface area contributed by atoms with E-state index in [4.69, 9.17) is 18.9 Å². The van der Waals surface area contributed by atoms with Crippen molar-refractivity contribution < 1.29 is 28.5 Å². The van der Waals surface area contributed by atoms with Gasteiger partial charge in [-0.2, -0.15) is 0 Å². The summed E-state index contributed by atoms with van der Waals surface area (Å²) in [5.41, 5.74) is 13.5. The second kappa shape index (κ2) is 19.2. The van der Waals surface area contributed by atoms with Crippen molar-refractivity contribution in [3.05, 3.63) is 312 Å². The van der Waals surface area contributed by atoms with Gasteiger partial charge in [-0.05, 0) is 175 Å². The molecule has 0 unspecified atom stereocenters. The molecule has 2 aliphatic carbocycles. The molecule has 6 heteroatoms. The molecular weight excluding hydrogens is 937 g/mol. The van der Waals surface area contributed by atoms with E-state index in [1.54, 1.807) is 32.3 Å². The van der Waals surface area contributed by atoms with Crippen LogP contribution in [0, 0.1) is 0 Å². The lowest BCUT2D eigenvalue weighted by Gasteiger charge is -2.34. The molecule has 0 saturated carbocycles. The van der Waals surface area contributed by atoms with Crippen molar-refractivity contribution in [2.24, 2.45) is 0 Å². The fraction of sp³-hybridized carbons (Fsp3) is 0.0571. The van der Waals surface area contributed by atoms with Gasteiger partial charge in [0.15, 0.2) is 0 Å². The summed E-state index contributed by atoms with van der Waals surface area (Å²) < 4.78 is 23.2. The quantitative estimate of drug-likeness (QED) is 0.0377. The highest BCUT2D eigenvalue weighted by Crippen LogP contribution is 2.58. The Bertz CT molecular complexity index is 3950. The minimum absolute atomic E-state index is 0.341. The molecule has 0 aromatic heterocycles. The van der Waals surface area contributed by atoms with Gasteiger partial charge >= 0.3 is 11.9 Å². The van der Waals surface area contributed by atoms with E-state index in [2.05, 4.69) is 171 Å². The van der Waals surface area contributed by atoms with Crippen LogP contribution in [0.5, 0.6) is 23.0 Å². The minimum Gasteiger partial charge on any atom is -0.466 e. The second-order valence-corrected chi connectivity index (χ2v) is 19.3. The van der Waals surface area contributed by atoms with Gasteiger partial charge in [0.1, 0.15) is 23.0 Å². The van der Waals surface area contributed by atoms with Gasteiger partial charge in [-0.15, -0.1) is 0 Å². The molecule has 2 aliphatic rings. The van der Waals surface area contributed by atoms with Crippen LogP contribution in [-0.2, 0) is 20.4 Å². The smallest absolute Gasteiger partial charge is 0.339 e. The Morgan fingerprint density at radius 2 is 0.763 bits per heavy atom. The molecule has 0 aliphatic heterocycles. The van der Waals surface area contributed by atoms with E-state index < -0.39 is 22.8 Å². The molecule has 0 radical (unpaired) electrons. The molecule has 10 aromatic rings. The van der Waals surface area contributed by atoms with Crippen LogP contribution in [0.25, 0.3) is 43.8 Å². The van der Waals surface area contributed by atoms with Crippen molar-refractivity contribution in [3.63, 3.8) is 0 Å². The number of carbonyl (C=O) groups excluding carboxylic acids is 2. The summed E-state index contributed by atoms with van der Waals surface area (Å²) in [7, 11) is 0. The van der Waals surface area contributed by atoms with E-state index in [0.717, 1.165) is 49.5 Å². The van der Waals surface area contributed by atoms with Crippen LogP contribution in [0.4, 0.5) is 0 Å². The van der Waals surface area contributed by atoms with Crippen molar-refractivity contribution in [3.8, 4) is 45.3 Å². The first-order valence-corrected chi connectivity index (χ1v) is 25.2. The molecule has 76 heavy (non-hydrogen) atoms. The van der Waals surface area contributed by atoms with Gasteiger partial charge in [-0.3, -0.25) is 0 Å². The summed E-state index contributed by atoms with van der Waals surface area (Å²) in [6.45, 7) is 10.8. The summed E-state index contributed by atoms with van der Waals surface area (Å²) in [5, 5.41) is 3.91. The standard InChI is InChI=1S/C70H50O6/c1-5-73-55-36-30-51(31-37-55)69(63-20-10-6-16-59(63)60-17-7-11-21-64(60)69)52-32-38-56(39-33-52)74-40-14-15-46(4)68(72)76-58-35-27-48-42-54(29-25-50(48)44-58)70(65-22-12-8-18-61(65)62-19-9-13-23-66(62)70)53-28-24-49-43-57(34-26-47(49)41-53)75-67(71)45(2)3/h5-44H,1-2H2,3-4H3/b40-14+,46-15-. The summed E-state index contributed by atoms with van der Waals surface area (Å²) in [4.78, 5) is 25.8. The third-order valence-corrected chi connectivity index (χ3v) is 14.9. The molecule has 12 rings (SSSR count). The Labute approximate surface area is 441 Å². The number of rotatable bonds is 13. The van der Waals surface area contributed by atoms with Crippen molar-refractivity contribution in [2.45, 2.75) is 24.7 Å². The maximum atomic E-state index is 13.5. The molecule has 0 amide bonds. The van der Waals surface area contributed by atoms with Crippen LogP contribution >= 0.6 is 0 Å². The van der Waals surface area contributed by atoms with Gasteiger partial charge in [0.2, 0.25) is 0 Å². The molecule has 10 aromatic carbocycles. The lowest BCUT2D eigenvalue weighted by Crippen LogP contribution is -2.28. The predicted octanol–water partition coefficient (Wildman–Crippen LogP) is 16.2. The molecule has 0 atom stereocenters. The van der Waals surface area contributed by atoms with E-state index in [9.17, 15) is 9.59 Å². The fourth-order valence-electron chi connectivity index (χ4n) is 11.5. The number of allylic oxidation sites excluding steroid dienone is 2. The van der Waals surface area contributed by atoms with Gasteiger partial charge in [0, 0.05) is 11.1 Å². The van der Waals surface area contributed by atoms with Crippen molar-refractivity contribution in [1.82, 2.24) is 0 Å². The van der Waals surface area contributed by atoms with Gasteiger partial charge in [0.05, 0.1) is 23.4 Å². The Balaban J connectivity index is 0.785. The van der Waals surface area contributed by atoms with Gasteiger partial charge in [0.25, 0.3) is 0 Å². The molecule has 0 spiro atoms. The Kier molecular flexibility index (Phi) is 12.0. The average molecular weight is 987 g/mol. The van der Waals surface area contributed by atoms with E-state index in [0.29, 0.717) is 28.4 Å². The largest absolute Gasteiger partial charge is 0.466 e. The molecule has 6 nitrogen and oxygen atoms in total. The van der Waals surface area contributed by atoms with E-state index in [1.165, 1.54) is 50.8 Å². The average Bonchev–Trinajstić information content (AvgIpc) is 4.16. The molecule has 0 heterocycles. The van der Waals surface area contributed by atoms with E-state index in [1.807, 2.05) is 60.7 Å². The Morgan fingerprint density at radius 1 is 0.408 bits per heavy atom. The summed E-state index contributed by atoms with van der Waals surface area (Å²) >= 11 is 0. The van der Waals surface area contributed by atoms with Crippen molar-refractivity contribution in [1.29, 1.82) is 0 Å². The molecule has 0 N–H and O–H groups in total. The Morgan fingerprint density at radius 3 is 1.20 bits per heavy atom. The topological polar surface area (TPSA) is 71.1 Å². The van der Waals surface area contributed by atoms with Crippen LogP contribution in [0.2, 0.25) is 0 Å². The predicted molar refractivity (Wildman–Crippen MR) is 303 cm³/mol. The first-order valence-electron chi connectivity index (χ1n) is 25.2. The highest BCUT2D eigenvalue weighted by Gasteiger charge is 2.47. The molecule has 0 bridgehead atoms. The second-order valence-electron chi connectivity index (χ2n) is 19.3. The number of hydrogen-bond donors (Lipinski definition) is 0. The first kappa shape index (κ1) is 47.2. The van der Waals surface area contributed by atoms with Crippen LogP contribution in [-0.4, -0.2) is 11.9 Å². The maximum absolute atomic E-state index is 13.5. The van der Waals surface area contributed by atoms with Crippen LogP contribution < -0.4 is 18.9 Å². The number of esters is 2. The monoisotopic (exact) mass is 986 g/mol. The summed E-state index contributed by atoms with van der Waals surface area (Å²) in [6, 6.07) is 75.4. The third-order valence-electron chi connectivity index (χ3n) is 14.9. The van der Waals surface area contributed by atoms with E-state index >= 15 is 0 Å². The van der Waals surface area contributed by atoms with Gasteiger partial charge in [-0.1, -0.05) is 171 Å². The van der Waals surface area contributed by atoms with Crippen molar-refractivity contribution >= 4 is 33.5 Å². The van der Waals surface area contributed by atoms with Crippen molar-refractivity contribution in [2.75, 3.05) is 0 Å². The minimum atomic E-state index is -0.651. The zero-order chi connectivity index (χ0) is 52.0. The first-order chi connectivity index (χ1) is 37.2. The summed E-state index contributed by atoms with van der Waals surface area (Å²) in [6.07, 6.45) is 6.39. The lowest BCUT2D eigenvalue weighted by atomic mass is 9.67. The van der Waals surface area contributed by atoms with Crippen LogP contribution in [0.1, 0.15) is 58.4 Å². The third kappa shape index (κ3) is 7.90. The number of ether oxygens (including phenoxy) is 4. The normalized spacial score (nSPS) is 13.6. The highest BCUT2D eigenvalue weighted by atomic mass is 16.5. The number of benzene rings is 10. The maximum Gasteiger partial charge on any atom is 0.339 e. The number of hydrogen-bond acceptors (Lipinski definition) is 6. The lowest BCUT2D eigenvalue weighted by molar-refractivity contribution is -0.130. The van der Waals surface area contributed by atoms with Gasteiger partial charge in [-0.25, -0.2) is 9.59 Å². The number of carbonyl (C=O) groups is 2. The molecule has 366 valence electrons. The Hall–Kier alpha value is -9.78. The SMILES string of the molecule is C=COc1ccc(C2(c3ccc(O/C=C/C=C(/C)C(=O)Oc4ccc5cc(C6(c7ccc8cc(OC(=O)C(=C)C)ccc8c7)c7ccccc7-c7ccccc76)ccc5c4)cc3)c3ccccc3-c3ccccc32)cc1. The zero-order valence-electron chi connectivity index (χ0n) is 42.0. The fourth-order valence-corrected chi connectivity index (χ4v) is 11.5. The number of fused-ring (bicyclic) bond motifs is 8. The van der Waals surface area contributed by atoms with Crippen LogP contribution in [0.3, 0.4) is 0 Å². The van der Waals surface area contributed by atoms with Gasteiger partial charge < -0.3 is 18.9 Å². The summed E-state index contributed by atoms with van der Waals surface area (Å²) in [5.74, 6) is 1.37. The zero-order valence-corrected chi connectivity index (χ0v) is 42.0. The molecular formula is C70H50O6. The molecule has 0 saturated heterocycles. The highest BCUT2D eigenvalue weighted by molar-refractivity contribution is 5.95. The van der Waals surface area contributed by atoms with E-state index in [-0.39, 0.29) is 0 Å².